The Hall–Kier alpha value is -4.48. The average Bonchev–Trinajstić information content (AvgIpc) is 2.87. The summed E-state index contributed by atoms with van der Waals surface area (Å²) in [7, 11) is 0. The summed E-state index contributed by atoms with van der Waals surface area (Å²) in [6, 6.07) is 16.5. The molecule has 4 aromatic rings. The van der Waals surface area contributed by atoms with Crippen molar-refractivity contribution in [2.45, 2.75) is 13.1 Å². The predicted octanol–water partition coefficient (Wildman–Crippen LogP) is 1.55. The van der Waals surface area contributed by atoms with E-state index in [-0.39, 0.29) is 31.0 Å². The van der Waals surface area contributed by atoms with Gasteiger partial charge in [0.1, 0.15) is 17.2 Å². The lowest BCUT2D eigenvalue weighted by atomic mass is 10.2. The number of aromatic amines is 1. The van der Waals surface area contributed by atoms with Crippen molar-refractivity contribution in [2.75, 3.05) is 6.61 Å². The number of primary amides is 1. The van der Waals surface area contributed by atoms with Gasteiger partial charge < -0.3 is 15.6 Å². The van der Waals surface area contributed by atoms with E-state index in [1.807, 2.05) is 0 Å². The molecular formula is C24H21ClN6O5. The van der Waals surface area contributed by atoms with Gasteiger partial charge in [0.25, 0.3) is 5.91 Å². The second kappa shape index (κ2) is 10.8. The van der Waals surface area contributed by atoms with Crippen LogP contribution in [-0.4, -0.2) is 36.7 Å². The van der Waals surface area contributed by atoms with Crippen molar-refractivity contribution in [3.05, 3.63) is 110 Å². The van der Waals surface area contributed by atoms with Crippen molar-refractivity contribution in [1.29, 1.82) is 0 Å². The third-order valence-electron chi connectivity index (χ3n) is 5.06. The Morgan fingerprint density at radius 1 is 1.03 bits per heavy atom. The molecule has 4 rings (SSSR count). The third-order valence-corrected chi connectivity index (χ3v) is 5.31. The lowest BCUT2D eigenvalue weighted by Crippen LogP contribution is -2.50. The molecule has 0 fully saturated rings. The van der Waals surface area contributed by atoms with E-state index in [9.17, 15) is 19.5 Å². The molecule has 2 aromatic heterocycles. The summed E-state index contributed by atoms with van der Waals surface area (Å²) in [5, 5.41) is 9.81. The van der Waals surface area contributed by atoms with Gasteiger partial charge in [-0.1, -0.05) is 23.7 Å². The fraction of sp³-hybridized carbons (Fsp3) is 0.125. The third kappa shape index (κ3) is 5.77. The number of H-pyrrole nitrogens is 1. The highest BCUT2D eigenvalue weighted by Crippen LogP contribution is 2.23. The molecule has 0 atom stereocenters. The van der Waals surface area contributed by atoms with Crippen LogP contribution in [0.3, 0.4) is 0 Å². The van der Waals surface area contributed by atoms with Gasteiger partial charge in [-0.15, -0.1) is 0 Å². The summed E-state index contributed by atoms with van der Waals surface area (Å²) >= 11 is 5.96. The van der Waals surface area contributed by atoms with Crippen LogP contribution in [0.15, 0.2) is 81.4 Å². The number of hydrogen-bond donors (Lipinski definition) is 3. The van der Waals surface area contributed by atoms with Crippen LogP contribution in [0.25, 0.3) is 0 Å². The maximum Gasteiger partial charge on any atom is 0.335 e. The topological polar surface area (TPSA) is 158 Å². The van der Waals surface area contributed by atoms with Crippen LogP contribution in [0.2, 0.25) is 5.02 Å². The van der Waals surface area contributed by atoms with E-state index >= 15 is 0 Å². The van der Waals surface area contributed by atoms with E-state index in [2.05, 4.69) is 15.0 Å². The molecule has 12 heteroatoms. The van der Waals surface area contributed by atoms with Gasteiger partial charge in [0, 0.05) is 5.02 Å². The number of aromatic nitrogens is 4. The van der Waals surface area contributed by atoms with Gasteiger partial charge in [0.15, 0.2) is 0 Å². The summed E-state index contributed by atoms with van der Waals surface area (Å²) in [4.78, 5) is 47.6. The van der Waals surface area contributed by atoms with Gasteiger partial charge in [-0.05, 0) is 54.1 Å². The second-order valence-corrected chi connectivity index (χ2v) is 8.01. The molecule has 0 bridgehead atoms. The van der Waals surface area contributed by atoms with Crippen LogP contribution in [0.1, 0.15) is 16.1 Å². The number of carbonyl (C=O) groups is 1. The number of aliphatic hydroxyl groups is 1. The molecule has 11 nitrogen and oxygen atoms in total. The molecule has 0 radical (unpaired) electrons. The fourth-order valence-corrected chi connectivity index (χ4v) is 3.41. The van der Waals surface area contributed by atoms with E-state index in [1.165, 1.54) is 16.8 Å². The minimum atomic E-state index is -0.688. The maximum atomic E-state index is 13.0. The van der Waals surface area contributed by atoms with Gasteiger partial charge in [0.2, 0.25) is 5.62 Å². The zero-order valence-electron chi connectivity index (χ0n) is 18.8. The van der Waals surface area contributed by atoms with Crippen LogP contribution in [-0.2, 0) is 13.1 Å². The summed E-state index contributed by atoms with van der Waals surface area (Å²) in [6.45, 7) is -0.411. The molecule has 184 valence electrons. The van der Waals surface area contributed by atoms with Crippen molar-refractivity contribution in [2.24, 2.45) is 10.7 Å². The number of carbonyl (C=O) groups excluding carboxylic acids is 1. The van der Waals surface area contributed by atoms with Crippen LogP contribution in [0.5, 0.6) is 11.5 Å². The van der Waals surface area contributed by atoms with Crippen LogP contribution in [0, 0.1) is 0 Å². The molecule has 2 heterocycles. The van der Waals surface area contributed by atoms with E-state index in [0.29, 0.717) is 22.2 Å². The first kappa shape index (κ1) is 24.6. The molecule has 0 aliphatic rings. The molecule has 0 unspecified atom stereocenters. The van der Waals surface area contributed by atoms with Crippen molar-refractivity contribution >= 4 is 23.2 Å². The minimum Gasteiger partial charge on any atom is -0.456 e. The van der Waals surface area contributed by atoms with Gasteiger partial charge in [0.05, 0.1) is 31.6 Å². The Morgan fingerprint density at radius 3 is 2.33 bits per heavy atom. The Kier molecular flexibility index (Phi) is 7.42. The molecule has 0 aliphatic heterocycles. The quantitative estimate of drug-likeness (QED) is 0.327. The molecule has 0 aliphatic carbocycles. The highest BCUT2D eigenvalue weighted by Gasteiger charge is 2.10. The lowest BCUT2D eigenvalue weighted by molar-refractivity contribution is 0.0995. The molecule has 0 saturated heterocycles. The first-order valence-corrected chi connectivity index (χ1v) is 11.1. The summed E-state index contributed by atoms with van der Waals surface area (Å²) < 4.78 is 7.91. The van der Waals surface area contributed by atoms with Gasteiger partial charge >= 0.3 is 11.4 Å². The molecular weight excluding hydrogens is 488 g/mol. The predicted molar refractivity (Wildman–Crippen MR) is 131 cm³/mol. The number of aliphatic hydroxyl groups excluding tert-OH is 1. The summed E-state index contributed by atoms with van der Waals surface area (Å²) in [5.74, 6) is 0.244. The number of nitrogens with zero attached hydrogens (tertiary/aromatic N) is 4. The van der Waals surface area contributed by atoms with Crippen LogP contribution in [0.4, 0.5) is 5.69 Å². The molecule has 0 spiro atoms. The van der Waals surface area contributed by atoms with Crippen LogP contribution >= 0.6 is 11.6 Å². The first-order chi connectivity index (χ1) is 17.3. The second-order valence-electron chi connectivity index (χ2n) is 7.58. The zero-order chi connectivity index (χ0) is 25.7. The van der Waals surface area contributed by atoms with E-state index < -0.39 is 17.3 Å². The largest absolute Gasteiger partial charge is 0.456 e. The van der Waals surface area contributed by atoms with E-state index in [4.69, 9.17) is 22.1 Å². The Bertz CT molecular complexity index is 1560. The lowest BCUT2D eigenvalue weighted by Gasteiger charge is -2.10. The van der Waals surface area contributed by atoms with E-state index in [0.717, 1.165) is 10.1 Å². The Labute approximate surface area is 208 Å². The van der Waals surface area contributed by atoms with Crippen molar-refractivity contribution in [3.8, 4) is 11.5 Å². The number of rotatable bonds is 8. The van der Waals surface area contributed by atoms with E-state index in [1.54, 1.807) is 54.6 Å². The monoisotopic (exact) mass is 508 g/mol. The normalized spacial score (nSPS) is 11.4. The number of pyridine rings is 1. The number of hydrogen-bond acceptors (Lipinski definition) is 7. The van der Waals surface area contributed by atoms with Gasteiger partial charge in [-0.2, -0.15) is 0 Å². The summed E-state index contributed by atoms with van der Waals surface area (Å²) in [5.41, 5.74) is 5.25. The van der Waals surface area contributed by atoms with Gasteiger partial charge in [-0.25, -0.2) is 24.1 Å². The van der Waals surface area contributed by atoms with Crippen molar-refractivity contribution in [1.82, 2.24) is 19.1 Å². The number of nitrogens with two attached hydrogens (primary N) is 1. The SMILES string of the molecule is NC(=O)c1ccc(Oc2ccc(/N=c3\[nH]c(=O)n(CCO)c(=O)n3Cc3ccc(Cl)cc3)cc2)cn1. The standard InChI is InChI=1S/C24H21ClN6O5/c25-16-3-1-15(2-4-16)14-31-22(29-23(34)30(11-12-32)24(31)35)28-17-5-7-18(8-6-17)36-19-9-10-20(21(26)33)27-13-19/h1-10,13,32H,11-12,14H2,(H2,26,33)(H,28,29,34). The molecule has 0 saturated carbocycles. The van der Waals surface area contributed by atoms with Crippen molar-refractivity contribution < 1.29 is 14.6 Å². The van der Waals surface area contributed by atoms with Crippen LogP contribution < -0.4 is 27.5 Å². The Morgan fingerprint density at radius 2 is 1.72 bits per heavy atom. The van der Waals surface area contributed by atoms with Gasteiger partial charge in [-0.3, -0.25) is 14.3 Å². The summed E-state index contributed by atoms with van der Waals surface area (Å²) in [6.07, 6.45) is 1.38. The number of halogens is 1. The minimum absolute atomic E-state index is 0.0362. The first-order valence-electron chi connectivity index (χ1n) is 10.7. The van der Waals surface area contributed by atoms with Crippen molar-refractivity contribution in [3.63, 3.8) is 0 Å². The smallest absolute Gasteiger partial charge is 0.335 e. The Balaban J connectivity index is 1.67. The number of amides is 1. The fourth-order valence-electron chi connectivity index (χ4n) is 3.29. The highest BCUT2D eigenvalue weighted by molar-refractivity contribution is 6.30. The molecule has 36 heavy (non-hydrogen) atoms. The average molecular weight is 509 g/mol. The molecule has 4 N–H and O–H groups in total. The maximum absolute atomic E-state index is 13.0. The zero-order valence-corrected chi connectivity index (χ0v) is 19.6. The highest BCUT2D eigenvalue weighted by atomic mass is 35.5. The number of nitrogens with one attached hydrogen (secondary N) is 1. The number of benzene rings is 2. The molecule has 1 amide bonds. The molecule has 2 aromatic carbocycles. The number of ether oxygens (including phenoxy) is 1.